The third-order valence-corrected chi connectivity index (χ3v) is 5.82. The quantitative estimate of drug-likeness (QED) is 0.372. The lowest BCUT2D eigenvalue weighted by molar-refractivity contribution is -0.376. The highest BCUT2D eigenvalue weighted by Gasteiger charge is 2.71. The zero-order chi connectivity index (χ0) is 28.0. The lowest BCUT2D eigenvalue weighted by Gasteiger charge is -2.32. The summed E-state index contributed by atoms with van der Waals surface area (Å²) in [5.41, 5.74) is -5.30. The van der Waals surface area contributed by atoms with E-state index in [2.05, 4.69) is 15.4 Å². The van der Waals surface area contributed by atoms with Gasteiger partial charge in [0.05, 0.1) is 0 Å². The van der Waals surface area contributed by atoms with Crippen LogP contribution in [0.25, 0.3) is 17.2 Å². The summed E-state index contributed by atoms with van der Waals surface area (Å²) in [6.07, 6.45) is -12.1. The van der Waals surface area contributed by atoms with Crippen molar-refractivity contribution in [2.24, 2.45) is 0 Å². The Morgan fingerprint density at radius 3 is 2.08 bits per heavy atom. The van der Waals surface area contributed by atoms with E-state index in [0.717, 1.165) is 22.2 Å². The fraction of sp³-hybridized carbons (Fsp3) is 0.250. The lowest BCUT2D eigenvalue weighted by Crippen LogP contribution is -2.53. The highest BCUT2D eigenvalue weighted by molar-refractivity contribution is 5.90. The molecule has 2 aromatic carbocycles. The van der Waals surface area contributed by atoms with Gasteiger partial charge in [0.1, 0.15) is 6.54 Å². The van der Waals surface area contributed by atoms with Crippen molar-refractivity contribution in [3.63, 3.8) is 0 Å². The number of aromatic nitrogens is 4. The van der Waals surface area contributed by atoms with E-state index in [1.807, 2.05) is 6.92 Å². The van der Waals surface area contributed by atoms with Gasteiger partial charge in [-0.1, -0.05) is 42.0 Å². The first-order chi connectivity index (χ1) is 17.6. The average Bonchev–Trinajstić information content (AvgIpc) is 3.27. The van der Waals surface area contributed by atoms with Gasteiger partial charge in [0.2, 0.25) is 11.7 Å². The van der Waals surface area contributed by atoms with E-state index in [1.165, 1.54) is 10.6 Å². The zero-order valence-corrected chi connectivity index (χ0v) is 19.7. The Morgan fingerprint density at radius 1 is 0.947 bits per heavy atom. The highest BCUT2D eigenvalue weighted by Crippen LogP contribution is 2.50. The summed E-state index contributed by atoms with van der Waals surface area (Å²) in [5, 5.41) is 16.3. The molecule has 1 amide bonds. The van der Waals surface area contributed by atoms with Gasteiger partial charge in [-0.15, -0.1) is 5.10 Å². The molecule has 0 unspecified atom stereocenters. The number of benzene rings is 2. The molecule has 2 heterocycles. The van der Waals surface area contributed by atoms with Gasteiger partial charge in [0.15, 0.2) is 5.82 Å². The molecule has 0 aliphatic heterocycles. The molecule has 200 valence electrons. The van der Waals surface area contributed by atoms with E-state index >= 15 is 0 Å². The molecule has 4 rings (SSSR count). The van der Waals surface area contributed by atoms with Gasteiger partial charge in [-0.3, -0.25) is 9.59 Å². The van der Waals surface area contributed by atoms with Crippen molar-refractivity contribution in [2.75, 3.05) is 5.32 Å². The number of carbonyl (C=O) groups is 1. The Balaban J connectivity index is 1.69. The SMILES string of the molecule is Cc1ccc(NC(=O)Cn2c(C)cc(=O)n3nc(-c4ccc(C(O)(C(F)(F)F)C(F)(F)F)cc4)nc23)cc1. The van der Waals surface area contributed by atoms with Crippen LogP contribution in [0.4, 0.5) is 32.0 Å². The molecule has 0 radical (unpaired) electrons. The van der Waals surface area contributed by atoms with Gasteiger partial charge in [-0.25, -0.2) is 0 Å². The first kappa shape index (κ1) is 26.9. The van der Waals surface area contributed by atoms with E-state index in [9.17, 15) is 41.0 Å². The molecule has 0 saturated carbocycles. The molecule has 38 heavy (non-hydrogen) atoms. The summed E-state index contributed by atoms with van der Waals surface area (Å²) >= 11 is 0. The minimum Gasteiger partial charge on any atom is -0.369 e. The smallest absolute Gasteiger partial charge is 0.369 e. The number of anilines is 1. The second kappa shape index (κ2) is 9.28. The number of hydrogen-bond acceptors (Lipinski definition) is 5. The second-order valence-corrected chi connectivity index (χ2v) is 8.55. The van der Waals surface area contributed by atoms with Crippen molar-refractivity contribution in [1.29, 1.82) is 0 Å². The van der Waals surface area contributed by atoms with Crippen molar-refractivity contribution >= 4 is 17.4 Å². The summed E-state index contributed by atoms with van der Waals surface area (Å²) < 4.78 is 81.2. The van der Waals surface area contributed by atoms with Crippen LogP contribution in [-0.4, -0.2) is 42.5 Å². The van der Waals surface area contributed by atoms with Gasteiger partial charge >= 0.3 is 12.4 Å². The van der Waals surface area contributed by atoms with Crippen LogP contribution in [0, 0.1) is 13.8 Å². The van der Waals surface area contributed by atoms with Crippen molar-refractivity contribution in [3.05, 3.63) is 81.8 Å². The van der Waals surface area contributed by atoms with Crippen LogP contribution in [0.15, 0.2) is 59.4 Å². The number of nitrogens with one attached hydrogen (secondary N) is 1. The maximum absolute atomic E-state index is 13.2. The standard InChI is InChI=1S/C24H19F6N5O3/c1-13-3-9-17(10-4-13)31-18(36)12-34-14(2)11-19(37)35-21(34)32-20(33-35)15-5-7-16(8-6-15)22(38,23(25,26)27)24(28,29)30/h3-11,38H,12H2,1-2H3,(H,31,36). The van der Waals surface area contributed by atoms with Crippen molar-refractivity contribution in [1.82, 2.24) is 19.2 Å². The summed E-state index contributed by atoms with van der Waals surface area (Å²) in [5.74, 6) is -0.722. The zero-order valence-electron chi connectivity index (χ0n) is 19.7. The molecule has 4 aromatic rings. The summed E-state index contributed by atoms with van der Waals surface area (Å²) in [6, 6.07) is 10.8. The number of aryl methyl sites for hydroxylation is 2. The van der Waals surface area contributed by atoms with Gasteiger partial charge in [-0.2, -0.15) is 35.8 Å². The molecule has 0 bridgehead atoms. The van der Waals surface area contributed by atoms with Crippen LogP contribution >= 0.6 is 0 Å². The number of nitrogens with zero attached hydrogens (tertiary/aromatic N) is 4. The number of carbonyl (C=O) groups excluding carboxylic acids is 1. The van der Waals surface area contributed by atoms with Gasteiger partial charge < -0.3 is 15.0 Å². The van der Waals surface area contributed by atoms with Crippen LogP contribution in [0.3, 0.4) is 0 Å². The lowest BCUT2D eigenvalue weighted by atomic mass is 9.91. The van der Waals surface area contributed by atoms with Gasteiger partial charge in [0.25, 0.3) is 11.2 Å². The summed E-state index contributed by atoms with van der Waals surface area (Å²) in [6.45, 7) is 3.17. The maximum Gasteiger partial charge on any atom is 0.430 e. The van der Waals surface area contributed by atoms with Crippen molar-refractivity contribution in [2.45, 2.75) is 38.3 Å². The Labute approximate surface area is 210 Å². The number of alkyl halides is 6. The Bertz CT molecular complexity index is 1540. The van der Waals surface area contributed by atoms with Crippen LogP contribution in [0.1, 0.15) is 16.8 Å². The predicted octanol–water partition coefficient (Wildman–Crippen LogP) is 4.13. The molecule has 0 saturated heterocycles. The van der Waals surface area contributed by atoms with Crippen molar-refractivity contribution in [3.8, 4) is 11.4 Å². The topological polar surface area (TPSA) is 102 Å². The largest absolute Gasteiger partial charge is 0.430 e. The number of hydrogen-bond donors (Lipinski definition) is 2. The van der Waals surface area contributed by atoms with E-state index in [-0.39, 0.29) is 23.7 Å². The van der Waals surface area contributed by atoms with Crippen LogP contribution in [0.5, 0.6) is 0 Å². The summed E-state index contributed by atoms with van der Waals surface area (Å²) in [4.78, 5) is 29.3. The molecule has 8 nitrogen and oxygen atoms in total. The second-order valence-electron chi connectivity index (χ2n) is 8.55. The first-order valence-electron chi connectivity index (χ1n) is 10.9. The monoisotopic (exact) mass is 539 g/mol. The number of fused-ring (bicyclic) bond motifs is 1. The molecule has 0 aliphatic carbocycles. The molecular formula is C24H19F6N5O3. The summed E-state index contributed by atoms with van der Waals surface area (Å²) in [7, 11) is 0. The predicted molar refractivity (Wildman–Crippen MR) is 123 cm³/mol. The van der Waals surface area contributed by atoms with E-state index < -0.39 is 35.0 Å². The fourth-order valence-corrected chi connectivity index (χ4v) is 3.75. The van der Waals surface area contributed by atoms with Crippen molar-refractivity contribution < 1.29 is 36.2 Å². The molecule has 2 N–H and O–H groups in total. The van der Waals surface area contributed by atoms with E-state index in [4.69, 9.17) is 0 Å². The highest BCUT2D eigenvalue weighted by atomic mass is 19.4. The number of aliphatic hydroxyl groups is 1. The Morgan fingerprint density at radius 2 is 1.53 bits per heavy atom. The molecule has 0 fully saturated rings. The van der Waals surface area contributed by atoms with Gasteiger partial charge in [-0.05, 0) is 26.0 Å². The molecule has 14 heteroatoms. The maximum atomic E-state index is 13.2. The van der Waals surface area contributed by atoms with Crippen LogP contribution < -0.4 is 10.9 Å². The van der Waals surface area contributed by atoms with Crippen LogP contribution in [-0.2, 0) is 16.9 Å². The Kier molecular flexibility index (Phi) is 6.55. The molecule has 0 aliphatic rings. The molecule has 0 spiro atoms. The third kappa shape index (κ3) is 4.74. The first-order valence-corrected chi connectivity index (χ1v) is 10.9. The number of rotatable bonds is 5. The minimum atomic E-state index is -6.03. The molecular weight excluding hydrogens is 520 g/mol. The minimum absolute atomic E-state index is 0.0307. The molecule has 2 aromatic heterocycles. The normalized spacial score (nSPS) is 12.7. The van der Waals surface area contributed by atoms with E-state index in [1.54, 1.807) is 31.2 Å². The fourth-order valence-electron chi connectivity index (χ4n) is 3.75. The van der Waals surface area contributed by atoms with Crippen LogP contribution in [0.2, 0.25) is 0 Å². The van der Waals surface area contributed by atoms with E-state index in [0.29, 0.717) is 23.5 Å². The Hall–Kier alpha value is -4.20. The third-order valence-electron chi connectivity index (χ3n) is 5.82. The average molecular weight is 539 g/mol. The number of halogens is 6. The number of amides is 1. The van der Waals surface area contributed by atoms with Gasteiger partial charge in [0, 0.05) is 28.6 Å². The molecule has 0 atom stereocenters.